The number of ether oxygens (including phenoxy) is 2. The van der Waals surface area contributed by atoms with E-state index >= 15 is 0 Å². The maximum atomic E-state index is 12.5. The van der Waals surface area contributed by atoms with E-state index in [1.807, 2.05) is 30.3 Å². The van der Waals surface area contributed by atoms with Crippen LogP contribution in [0.1, 0.15) is 30.9 Å². The van der Waals surface area contributed by atoms with Crippen LogP contribution in [-0.4, -0.2) is 79.9 Å². The van der Waals surface area contributed by atoms with Crippen molar-refractivity contribution in [1.82, 2.24) is 14.9 Å². The average molecular weight is 655 g/mol. The van der Waals surface area contributed by atoms with Crippen LogP contribution in [0.25, 0.3) is 0 Å². The third-order valence-corrected chi connectivity index (χ3v) is 9.24. The van der Waals surface area contributed by atoms with Crippen LogP contribution in [0.3, 0.4) is 0 Å². The van der Waals surface area contributed by atoms with Gasteiger partial charge in [0, 0.05) is 50.8 Å². The molecule has 3 aromatic rings. The first-order chi connectivity index (χ1) is 21.9. The van der Waals surface area contributed by atoms with Gasteiger partial charge in [0.05, 0.1) is 60.1 Å². The van der Waals surface area contributed by atoms with Crippen LogP contribution >= 0.6 is 23.2 Å². The predicted octanol–water partition coefficient (Wildman–Crippen LogP) is 5.84. The maximum absolute atomic E-state index is 12.5. The number of hydrogen-bond acceptors (Lipinski definition) is 10. The Bertz CT molecular complexity index is 1530. The van der Waals surface area contributed by atoms with E-state index in [4.69, 9.17) is 37.5 Å². The summed E-state index contributed by atoms with van der Waals surface area (Å²) in [5.41, 5.74) is 3.16. The number of nitrogens with one attached hydrogen (secondary N) is 2. The Morgan fingerprint density at radius 2 is 1.80 bits per heavy atom. The molecular formula is C32H37Cl2N7O4. The first-order valence-corrected chi connectivity index (χ1v) is 15.9. The quantitative estimate of drug-likeness (QED) is 0.274. The number of methoxy groups -OCH3 is 1. The summed E-state index contributed by atoms with van der Waals surface area (Å²) in [6.45, 7) is 9.43. The summed E-state index contributed by atoms with van der Waals surface area (Å²) in [4.78, 5) is 32.2. The van der Waals surface area contributed by atoms with Gasteiger partial charge in [-0.05, 0) is 42.7 Å². The largest absolute Gasteiger partial charge is 0.494 e. The number of hydrogen-bond donors (Lipinski definition) is 2. The van der Waals surface area contributed by atoms with Crippen LogP contribution in [0.2, 0.25) is 10.0 Å². The lowest BCUT2D eigenvalue weighted by Crippen LogP contribution is -2.49. The van der Waals surface area contributed by atoms with Crippen molar-refractivity contribution < 1.29 is 19.1 Å². The lowest BCUT2D eigenvalue weighted by atomic mass is 10.0. The molecule has 13 heteroatoms. The van der Waals surface area contributed by atoms with Crippen molar-refractivity contribution in [3.8, 4) is 5.75 Å². The summed E-state index contributed by atoms with van der Waals surface area (Å²) in [5, 5.41) is 9.11. The third kappa shape index (κ3) is 7.13. The number of anilines is 5. The van der Waals surface area contributed by atoms with Gasteiger partial charge in [-0.25, -0.2) is 15.0 Å². The van der Waals surface area contributed by atoms with E-state index in [-0.39, 0.29) is 11.9 Å². The van der Waals surface area contributed by atoms with Crippen LogP contribution in [0.4, 0.5) is 28.7 Å². The Morgan fingerprint density at radius 3 is 2.53 bits per heavy atom. The topological polar surface area (TPSA) is 104 Å². The van der Waals surface area contributed by atoms with Gasteiger partial charge in [0.2, 0.25) is 5.91 Å². The van der Waals surface area contributed by atoms with Gasteiger partial charge in [-0.2, -0.15) is 0 Å². The zero-order valence-electron chi connectivity index (χ0n) is 25.2. The molecular weight excluding hydrogens is 617 g/mol. The number of rotatable bonds is 9. The minimum atomic E-state index is -0.292. The van der Waals surface area contributed by atoms with E-state index in [2.05, 4.69) is 37.0 Å². The van der Waals surface area contributed by atoms with Crippen molar-refractivity contribution in [2.75, 3.05) is 73.7 Å². The summed E-state index contributed by atoms with van der Waals surface area (Å²) < 4.78 is 11.4. The molecule has 2 N–H and O–H groups in total. The molecule has 45 heavy (non-hydrogen) atoms. The van der Waals surface area contributed by atoms with E-state index < -0.39 is 0 Å². The summed E-state index contributed by atoms with van der Waals surface area (Å²) in [5.74, 6) is 1.43. The van der Waals surface area contributed by atoms with Gasteiger partial charge < -0.3 is 25.0 Å². The lowest BCUT2D eigenvalue weighted by molar-refractivity contribution is -0.111. The molecule has 1 amide bonds. The lowest BCUT2D eigenvalue weighted by Gasteiger charge is -2.41. The number of piperidine rings is 1. The van der Waals surface area contributed by atoms with Crippen molar-refractivity contribution in [3.63, 3.8) is 0 Å². The number of nitrogens with zero attached hydrogens (tertiary/aromatic N) is 5. The number of carbonyl (C=O) groups excluding carboxylic acids is 1. The third-order valence-electron chi connectivity index (χ3n) is 8.50. The van der Waals surface area contributed by atoms with Gasteiger partial charge >= 0.3 is 0 Å². The second-order valence-corrected chi connectivity index (χ2v) is 12.0. The Hall–Kier alpha value is -3.61. The van der Waals surface area contributed by atoms with Crippen molar-refractivity contribution in [2.24, 2.45) is 0 Å². The SMILES string of the molecule is C=CC(=O)Nc1cc(Nc2cc(N3OCC[C@@H]3c3ccc(Cl)c(Cl)c3)ncn2)c(OC)cc1N1CCC(N2CCOCC2)CC1. The highest BCUT2D eigenvalue weighted by atomic mass is 35.5. The molecule has 238 valence electrons. The molecule has 3 aliphatic heterocycles. The van der Waals surface area contributed by atoms with Crippen LogP contribution in [0.15, 0.2) is 55.4 Å². The fourth-order valence-electron chi connectivity index (χ4n) is 6.19. The second-order valence-electron chi connectivity index (χ2n) is 11.2. The molecule has 0 saturated carbocycles. The molecule has 11 nitrogen and oxygen atoms in total. The molecule has 6 rings (SSSR count). The standard InChI is InChI=1S/C32H37Cl2N7O4/c1-3-32(42)38-25-17-26(29(43-2)18-28(25)40-9-6-22(7-10-40)39-11-14-44-15-12-39)37-30-19-31(36-20-35-30)41-27(8-13-45-41)21-4-5-23(33)24(34)16-21/h3-5,16-20,22,27H,1,6-15H2,2H3,(H,38,42)(H,35,36,37)/t27-/m1/s1. The number of morpholine rings is 1. The van der Waals surface area contributed by atoms with Crippen LogP contribution in [0, 0.1) is 0 Å². The van der Waals surface area contributed by atoms with E-state index in [9.17, 15) is 4.79 Å². The van der Waals surface area contributed by atoms with E-state index in [0.29, 0.717) is 51.5 Å². The number of hydroxylamine groups is 1. The highest BCUT2D eigenvalue weighted by molar-refractivity contribution is 6.42. The zero-order chi connectivity index (χ0) is 31.3. The number of carbonyl (C=O) groups is 1. The van der Waals surface area contributed by atoms with E-state index in [1.165, 1.54) is 12.4 Å². The van der Waals surface area contributed by atoms with Crippen LogP contribution < -0.4 is 25.3 Å². The molecule has 0 unspecified atom stereocenters. The van der Waals surface area contributed by atoms with Crippen molar-refractivity contribution in [3.05, 3.63) is 71.0 Å². The smallest absolute Gasteiger partial charge is 0.247 e. The summed E-state index contributed by atoms with van der Waals surface area (Å²) in [7, 11) is 1.63. The molecule has 0 spiro atoms. The Labute approximate surface area is 273 Å². The fourth-order valence-corrected chi connectivity index (χ4v) is 6.49. The molecule has 1 aromatic heterocycles. The van der Waals surface area contributed by atoms with Gasteiger partial charge in [-0.3, -0.25) is 14.5 Å². The predicted molar refractivity (Wildman–Crippen MR) is 177 cm³/mol. The summed E-state index contributed by atoms with van der Waals surface area (Å²) in [6.07, 6.45) is 5.56. The maximum Gasteiger partial charge on any atom is 0.247 e. The Morgan fingerprint density at radius 1 is 1.00 bits per heavy atom. The van der Waals surface area contributed by atoms with E-state index in [0.717, 1.165) is 69.9 Å². The van der Waals surface area contributed by atoms with Gasteiger partial charge in [-0.15, -0.1) is 0 Å². The van der Waals surface area contributed by atoms with Crippen molar-refractivity contribution in [1.29, 1.82) is 0 Å². The average Bonchev–Trinajstić information content (AvgIpc) is 3.57. The minimum absolute atomic E-state index is 0.0931. The molecule has 3 fully saturated rings. The molecule has 0 bridgehead atoms. The highest BCUT2D eigenvalue weighted by Crippen LogP contribution is 2.41. The Kier molecular flexibility index (Phi) is 9.91. The van der Waals surface area contributed by atoms with Gasteiger partial charge in [-0.1, -0.05) is 35.8 Å². The molecule has 1 atom stereocenters. The normalized spacial score (nSPS) is 19.4. The van der Waals surface area contributed by atoms with Gasteiger partial charge in [0.25, 0.3) is 0 Å². The van der Waals surface area contributed by atoms with E-state index in [1.54, 1.807) is 18.2 Å². The summed E-state index contributed by atoms with van der Waals surface area (Å²) >= 11 is 12.5. The molecule has 3 saturated heterocycles. The Balaban J connectivity index is 1.24. The fraction of sp³-hybridized carbons (Fsp3) is 0.406. The van der Waals surface area contributed by atoms with Gasteiger partial charge in [0.15, 0.2) is 5.82 Å². The van der Waals surface area contributed by atoms with Gasteiger partial charge in [0.1, 0.15) is 17.9 Å². The monoisotopic (exact) mass is 653 g/mol. The van der Waals surface area contributed by atoms with Crippen LogP contribution in [0.5, 0.6) is 5.75 Å². The molecule has 0 radical (unpaired) electrons. The zero-order valence-corrected chi connectivity index (χ0v) is 26.7. The molecule has 3 aliphatic rings. The van der Waals surface area contributed by atoms with Crippen LogP contribution in [-0.2, 0) is 14.4 Å². The first kappa shape index (κ1) is 31.4. The molecule has 0 aliphatic carbocycles. The summed E-state index contributed by atoms with van der Waals surface area (Å²) in [6, 6.07) is 11.7. The number of aromatic nitrogens is 2. The number of halogens is 2. The first-order valence-electron chi connectivity index (χ1n) is 15.1. The highest BCUT2D eigenvalue weighted by Gasteiger charge is 2.30. The molecule has 2 aromatic carbocycles. The minimum Gasteiger partial charge on any atom is -0.494 e. The number of benzene rings is 2. The van der Waals surface area contributed by atoms with Crippen molar-refractivity contribution >= 4 is 57.8 Å². The number of amides is 1. The second kappa shape index (κ2) is 14.2. The van der Waals surface area contributed by atoms with Crippen molar-refractivity contribution in [2.45, 2.75) is 31.3 Å². The molecule has 4 heterocycles.